The minimum absolute atomic E-state index is 0.133. The molecule has 0 spiro atoms. The van der Waals surface area contributed by atoms with Gasteiger partial charge in [0.25, 0.3) is 11.5 Å². The van der Waals surface area contributed by atoms with Crippen LogP contribution in [0.4, 0.5) is 0 Å². The molecule has 0 aliphatic rings. The van der Waals surface area contributed by atoms with E-state index < -0.39 is 5.91 Å². The van der Waals surface area contributed by atoms with Crippen LogP contribution in [0.1, 0.15) is 21.6 Å². The number of rotatable bonds is 6. The summed E-state index contributed by atoms with van der Waals surface area (Å²) in [7, 11) is 1.58. The largest absolute Gasteiger partial charge is 0.497 e. The van der Waals surface area contributed by atoms with Crippen LogP contribution in [0.2, 0.25) is 0 Å². The molecule has 1 amide bonds. The van der Waals surface area contributed by atoms with E-state index in [1.807, 2.05) is 48.5 Å². The first kappa shape index (κ1) is 20.0. The Balaban J connectivity index is 1.65. The van der Waals surface area contributed by atoms with Gasteiger partial charge in [0.15, 0.2) is 5.69 Å². The Morgan fingerprint density at radius 1 is 1.03 bits per heavy atom. The van der Waals surface area contributed by atoms with Crippen LogP contribution in [0, 0.1) is 0 Å². The Bertz CT molecular complexity index is 1310. The minimum atomic E-state index is -0.503. The van der Waals surface area contributed by atoms with Gasteiger partial charge < -0.3 is 4.74 Å². The van der Waals surface area contributed by atoms with Gasteiger partial charge in [0.05, 0.1) is 25.3 Å². The van der Waals surface area contributed by atoms with Gasteiger partial charge in [-0.2, -0.15) is 10.2 Å². The Morgan fingerprint density at radius 2 is 1.77 bits per heavy atom. The summed E-state index contributed by atoms with van der Waals surface area (Å²) in [5.74, 6) is 0.188. The molecule has 0 fully saturated rings. The second-order valence-corrected chi connectivity index (χ2v) is 6.82. The van der Waals surface area contributed by atoms with Gasteiger partial charge in [0.2, 0.25) is 0 Å². The lowest BCUT2D eigenvalue weighted by atomic mass is 10.1. The number of amides is 1. The number of carbonyl (C=O) groups is 1. The Kier molecular flexibility index (Phi) is 5.84. The first-order valence-corrected chi connectivity index (χ1v) is 9.67. The molecule has 1 N–H and O–H groups in total. The molecule has 154 valence electrons. The quantitative estimate of drug-likeness (QED) is 0.389. The van der Waals surface area contributed by atoms with Crippen molar-refractivity contribution in [3.8, 4) is 5.75 Å². The van der Waals surface area contributed by atoms with E-state index in [1.165, 1.54) is 10.9 Å². The van der Waals surface area contributed by atoms with Gasteiger partial charge in [0.1, 0.15) is 5.75 Å². The fourth-order valence-electron chi connectivity index (χ4n) is 3.21. The highest BCUT2D eigenvalue weighted by molar-refractivity contribution is 6.05. The first-order chi connectivity index (χ1) is 15.2. The summed E-state index contributed by atoms with van der Waals surface area (Å²) in [6.45, 7) is 0.262. The summed E-state index contributed by atoms with van der Waals surface area (Å²) in [5, 5.41) is 9.28. The van der Waals surface area contributed by atoms with Crippen molar-refractivity contribution >= 4 is 22.9 Å². The van der Waals surface area contributed by atoms with Crippen LogP contribution in [0.3, 0.4) is 0 Å². The number of hydrogen-bond acceptors (Lipinski definition) is 5. The van der Waals surface area contributed by atoms with Crippen molar-refractivity contribution in [1.29, 1.82) is 0 Å². The van der Waals surface area contributed by atoms with Crippen molar-refractivity contribution in [3.05, 3.63) is 106 Å². The highest BCUT2D eigenvalue weighted by atomic mass is 16.5. The summed E-state index contributed by atoms with van der Waals surface area (Å²) in [6, 6.07) is 23.7. The molecule has 0 unspecified atom stereocenters. The SMILES string of the molecule is COc1cccc(/C=N/NC(=O)c2nn(Cc3ccccc3)c(=O)c3ccccc23)c1. The van der Waals surface area contributed by atoms with Crippen LogP contribution in [0.5, 0.6) is 5.75 Å². The number of ether oxygens (including phenoxy) is 1. The zero-order valence-corrected chi connectivity index (χ0v) is 16.9. The van der Waals surface area contributed by atoms with Crippen molar-refractivity contribution in [2.24, 2.45) is 5.10 Å². The van der Waals surface area contributed by atoms with E-state index in [1.54, 1.807) is 37.4 Å². The third-order valence-electron chi connectivity index (χ3n) is 4.73. The second kappa shape index (κ2) is 9.04. The van der Waals surface area contributed by atoms with Gasteiger partial charge >= 0.3 is 0 Å². The second-order valence-electron chi connectivity index (χ2n) is 6.82. The van der Waals surface area contributed by atoms with E-state index in [2.05, 4.69) is 15.6 Å². The summed E-state index contributed by atoms with van der Waals surface area (Å²) < 4.78 is 6.49. The average Bonchev–Trinajstić information content (AvgIpc) is 2.81. The Morgan fingerprint density at radius 3 is 2.55 bits per heavy atom. The third kappa shape index (κ3) is 4.51. The molecular formula is C24H20N4O3. The number of methoxy groups -OCH3 is 1. The van der Waals surface area contributed by atoms with Crippen LogP contribution in [-0.4, -0.2) is 29.0 Å². The van der Waals surface area contributed by atoms with Gasteiger partial charge in [-0.3, -0.25) is 9.59 Å². The van der Waals surface area contributed by atoms with Gasteiger partial charge in [0, 0.05) is 5.39 Å². The number of benzene rings is 3. The van der Waals surface area contributed by atoms with Crippen molar-refractivity contribution in [1.82, 2.24) is 15.2 Å². The third-order valence-corrected chi connectivity index (χ3v) is 4.73. The molecule has 0 aliphatic carbocycles. The van der Waals surface area contributed by atoms with Crippen LogP contribution in [0.25, 0.3) is 10.8 Å². The Labute approximate surface area is 178 Å². The maximum atomic E-state index is 12.9. The lowest BCUT2D eigenvalue weighted by Gasteiger charge is -2.10. The average molecular weight is 412 g/mol. The van der Waals surface area contributed by atoms with Crippen molar-refractivity contribution in [2.45, 2.75) is 6.54 Å². The normalized spacial score (nSPS) is 11.0. The number of nitrogens with one attached hydrogen (secondary N) is 1. The standard InChI is InChI=1S/C24H20N4O3/c1-31-19-11-7-10-18(14-19)15-25-26-23(29)22-20-12-5-6-13-21(20)24(30)28(27-22)16-17-8-3-2-4-9-17/h2-15H,16H2,1H3,(H,26,29)/b25-15+. The summed E-state index contributed by atoms with van der Waals surface area (Å²) in [5.41, 5.74) is 4.06. The van der Waals surface area contributed by atoms with E-state index in [0.717, 1.165) is 11.1 Å². The molecule has 0 bridgehead atoms. The summed E-state index contributed by atoms with van der Waals surface area (Å²) >= 11 is 0. The van der Waals surface area contributed by atoms with E-state index in [0.29, 0.717) is 16.5 Å². The summed E-state index contributed by atoms with van der Waals surface area (Å²) in [4.78, 5) is 25.8. The highest BCUT2D eigenvalue weighted by Crippen LogP contribution is 2.14. The predicted octanol–water partition coefficient (Wildman–Crippen LogP) is 3.22. The van der Waals surface area contributed by atoms with Gasteiger partial charge in [-0.05, 0) is 29.3 Å². The van der Waals surface area contributed by atoms with Crippen molar-refractivity contribution in [2.75, 3.05) is 7.11 Å². The van der Waals surface area contributed by atoms with Crippen LogP contribution in [0.15, 0.2) is 88.8 Å². The topological polar surface area (TPSA) is 85.6 Å². The molecule has 7 heteroatoms. The fraction of sp³-hybridized carbons (Fsp3) is 0.0833. The van der Waals surface area contributed by atoms with Crippen LogP contribution >= 0.6 is 0 Å². The summed E-state index contributed by atoms with van der Waals surface area (Å²) in [6.07, 6.45) is 1.52. The van der Waals surface area contributed by atoms with Crippen molar-refractivity contribution in [3.63, 3.8) is 0 Å². The molecule has 7 nitrogen and oxygen atoms in total. The number of fused-ring (bicyclic) bond motifs is 1. The molecule has 4 rings (SSSR count). The van der Waals surface area contributed by atoms with Crippen molar-refractivity contribution < 1.29 is 9.53 Å². The lowest BCUT2D eigenvalue weighted by molar-refractivity contribution is 0.0949. The van der Waals surface area contributed by atoms with Crippen LogP contribution in [-0.2, 0) is 6.54 Å². The molecule has 0 saturated carbocycles. The Hall–Kier alpha value is -4.26. The number of nitrogens with zero attached hydrogens (tertiary/aromatic N) is 3. The zero-order chi connectivity index (χ0) is 21.6. The number of aromatic nitrogens is 2. The smallest absolute Gasteiger partial charge is 0.292 e. The number of hydrazone groups is 1. The fourth-order valence-corrected chi connectivity index (χ4v) is 3.21. The molecule has 0 radical (unpaired) electrons. The van der Waals surface area contributed by atoms with Crippen LogP contribution < -0.4 is 15.7 Å². The maximum absolute atomic E-state index is 12.9. The molecule has 31 heavy (non-hydrogen) atoms. The number of carbonyl (C=O) groups excluding carboxylic acids is 1. The molecule has 0 atom stereocenters. The lowest BCUT2D eigenvalue weighted by Crippen LogP contribution is -2.29. The van der Waals surface area contributed by atoms with E-state index in [4.69, 9.17) is 4.74 Å². The molecule has 1 aromatic heterocycles. The monoisotopic (exact) mass is 412 g/mol. The van der Waals surface area contributed by atoms with E-state index in [-0.39, 0.29) is 17.8 Å². The molecule has 1 heterocycles. The van der Waals surface area contributed by atoms with Gasteiger partial charge in [-0.25, -0.2) is 10.1 Å². The number of hydrogen-bond donors (Lipinski definition) is 1. The first-order valence-electron chi connectivity index (χ1n) is 9.67. The molecule has 0 saturated heterocycles. The van der Waals surface area contributed by atoms with E-state index in [9.17, 15) is 9.59 Å². The maximum Gasteiger partial charge on any atom is 0.292 e. The van der Waals surface area contributed by atoms with Gasteiger partial charge in [-0.15, -0.1) is 0 Å². The molecule has 4 aromatic rings. The molecular weight excluding hydrogens is 392 g/mol. The highest BCUT2D eigenvalue weighted by Gasteiger charge is 2.16. The molecule has 3 aromatic carbocycles. The van der Waals surface area contributed by atoms with E-state index >= 15 is 0 Å². The van der Waals surface area contributed by atoms with Gasteiger partial charge in [-0.1, -0.05) is 60.7 Å². The molecule has 0 aliphatic heterocycles. The predicted molar refractivity (Wildman–Crippen MR) is 120 cm³/mol. The minimum Gasteiger partial charge on any atom is -0.497 e. The zero-order valence-electron chi connectivity index (χ0n) is 16.9.